The van der Waals surface area contributed by atoms with Crippen LogP contribution in [-0.2, 0) is 19.7 Å². The highest BCUT2D eigenvalue weighted by Crippen LogP contribution is 2.59. The van der Waals surface area contributed by atoms with E-state index in [1.54, 1.807) is 42.5 Å². The third kappa shape index (κ3) is 9.52. The maximum Gasteiger partial charge on any atom is 0.453 e. The minimum Gasteiger partial charge on any atom is -0.492 e. The summed E-state index contributed by atoms with van der Waals surface area (Å²) in [4.78, 5) is 13.7. The first-order chi connectivity index (χ1) is 22.8. The molecule has 0 amide bonds. The van der Waals surface area contributed by atoms with Gasteiger partial charge in [0.15, 0.2) is 13.6 Å². The lowest BCUT2D eigenvalue weighted by molar-refractivity contribution is -0.285. The number of halogens is 5. The zero-order valence-electron chi connectivity index (χ0n) is 28.3. The van der Waals surface area contributed by atoms with Crippen LogP contribution < -0.4 is 14.2 Å². The maximum absolute atomic E-state index is 14.2. The van der Waals surface area contributed by atoms with Crippen molar-refractivity contribution in [3.8, 4) is 17.2 Å². The lowest BCUT2D eigenvalue weighted by Gasteiger charge is -2.51. The molecule has 48 heavy (non-hydrogen) atoms. The highest BCUT2D eigenvalue weighted by atomic mass is 19.4. The van der Waals surface area contributed by atoms with E-state index < -0.39 is 47.7 Å². The number of hydrogen-bond acceptors (Lipinski definition) is 6. The molecule has 3 rings (SSSR count). The van der Waals surface area contributed by atoms with Crippen molar-refractivity contribution in [2.45, 2.75) is 108 Å². The molecule has 0 bridgehead atoms. The van der Waals surface area contributed by atoms with Gasteiger partial charge >= 0.3 is 18.1 Å². The molecule has 0 saturated carbocycles. The van der Waals surface area contributed by atoms with E-state index in [0.717, 1.165) is 32.1 Å². The van der Waals surface area contributed by atoms with Crippen LogP contribution in [0.5, 0.6) is 17.2 Å². The van der Waals surface area contributed by atoms with Crippen LogP contribution in [0.2, 0.25) is 0 Å². The Labute approximate surface area is 280 Å². The molecular weight excluding hydrogens is 639 g/mol. The van der Waals surface area contributed by atoms with E-state index in [1.165, 1.54) is 14.2 Å². The summed E-state index contributed by atoms with van der Waals surface area (Å²) < 4.78 is 95.4. The van der Waals surface area contributed by atoms with Crippen LogP contribution in [0, 0.1) is 5.41 Å². The minimum atomic E-state index is -5.73. The molecule has 1 aliphatic rings. The van der Waals surface area contributed by atoms with Gasteiger partial charge in [0, 0.05) is 38.0 Å². The van der Waals surface area contributed by atoms with Crippen molar-refractivity contribution in [1.29, 1.82) is 0 Å². The fourth-order valence-corrected chi connectivity index (χ4v) is 6.88. The first-order valence-electron chi connectivity index (χ1n) is 16.5. The van der Waals surface area contributed by atoms with Crippen LogP contribution in [-0.4, -0.2) is 57.6 Å². The molecular formula is C36H49F5O7. The van der Waals surface area contributed by atoms with E-state index in [1.807, 2.05) is 6.92 Å². The molecule has 7 nitrogen and oxygen atoms in total. The Kier molecular flexibility index (Phi) is 14.3. The first kappa shape index (κ1) is 39.3. The molecule has 1 aliphatic heterocycles. The second-order valence-corrected chi connectivity index (χ2v) is 12.9. The molecule has 1 N–H and O–H groups in total. The standard InChI is InChI=1S/C36H49F5O7/c1-5-6-7-8-9-10-11-19-34(32(42)43,20-12-21-35(37,38)36(39,40)41)31-29-18-17-28(48-25-45-4)22-30(29)46-23-33(31,2)26-13-15-27(16-14-26)47-24-44-3/h13-18,22,31H,5-12,19-21,23-25H2,1-4H3,(H,42,43). The summed E-state index contributed by atoms with van der Waals surface area (Å²) >= 11 is 0. The molecule has 0 saturated heterocycles. The Morgan fingerprint density at radius 1 is 0.833 bits per heavy atom. The van der Waals surface area contributed by atoms with Gasteiger partial charge in [-0.05, 0) is 48.6 Å². The van der Waals surface area contributed by atoms with Crippen molar-refractivity contribution in [2.75, 3.05) is 34.4 Å². The van der Waals surface area contributed by atoms with Crippen molar-refractivity contribution >= 4 is 5.97 Å². The molecule has 0 aliphatic carbocycles. The molecule has 0 radical (unpaired) electrons. The Balaban J connectivity index is 2.14. The summed E-state index contributed by atoms with van der Waals surface area (Å²) in [6.45, 7) is 3.96. The third-order valence-electron chi connectivity index (χ3n) is 9.39. The number of ether oxygens (including phenoxy) is 5. The van der Waals surface area contributed by atoms with E-state index in [2.05, 4.69) is 6.92 Å². The number of alkyl halides is 5. The maximum atomic E-state index is 14.2. The number of hydrogen-bond donors (Lipinski definition) is 1. The van der Waals surface area contributed by atoms with Gasteiger partial charge in [0.2, 0.25) is 0 Å². The van der Waals surface area contributed by atoms with Gasteiger partial charge < -0.3 is 28.8 Å². The summed E-state index contributed by atoms with van der Waals surface area (Å²) in [5, 5.41) is 11.1. The van der Waals surface area contributed by atoms with Gasteiger partial charge in [0.05, 0.1) is 12.0 Å². The van der Waals surface area contributed by atoms with Gasteiger partial charge in [-0.1, -0.05) is 77.0 Å². The van der Waals surface area contributed by atoms with Crippen molar-refractivity contribution in [3.63, 3.8) is 0 Å². The summed E-state index contributed by atoms with van der Waals surface area (Å²) in [5.74, 6) is -5.77. The number of carboxylic acids is 1. The first-order valence-corrected chi connectivity index (χ1v) is 16.5. The molecule has 270 valence electrons. The van der Waals surface area contributed by atoms with Crippen LogP contribution in [0.3, 0.4) is 0 Å². The molecule has 0 spiro atoms. The number of aliphatic carboxylic acids is 1. The van der Waals surface area contributed by atoms with Crippen molar-refractivity contribution in [1.82, 2.24) is 0 Å². The van der Waals surface area contributed by atoms with Gasteiger partial charge in [-0.25, -0.2) is 0 Å². The van der Waals surface area contributed by atoms with Gasteiger partial charge in [0.25, 0.3) is 0 Å². The molecule has 3 unspecified atom stereocenters. The predicted octanol–water partition coefficient (Wildman–Crippen LogP) is 9.67. The van der Waals surface area contributed by atoms with E-state index in [4.69, 9.17) is 23.7 Å². The Morgan fingerprint density at radius 3 is 1.98 bits per heavy atom. The van der Waals surface area contributed by atoms with Crippen molar-refractivity contribution in [3.05, 3.63) is 53.6 Å². The highest BCUT2D eigenvalue weighted by Gasteiger charge is 2.59. The average Bonchev–Trinajstić information content (AvgIpc) is 3.04. The smallest absolute Gasteiger partial charge is 0.453 e. The number of rotatable bonds is 21. The molecule has 3 atom stereocenters. The van der Waals surface area contributed by atoms with E-state index in [-0.39, 0.29) is 33.0 Å². The number of fused-ring (bicyclic) bond motifs is 1. The zero-order valence-corrected chi connectivity index (χ0v) is 28.3. The summed E-state index contributed by atoms with van der Waals surface area (Å²) in [6, 6.07) is 12.0. The summed E-state index contributed by atoms with van der Waals surface area (Å²) in [5.41, 5.74) is -1.53. The quantitative estimate of drug-likeness (QED) is 0.0795. The fourth-order valence-electron chi connectivity index (χ4n) is 6.88. The predicted molar refractivity (Wildman–Crippen MR) is 171 cm³/mol. The molecule has 0 aromatic heterocycles. The Morgan fingerprint density at radius 2 is 1.40 bits per heavy atom. The van der Waals surface area contributed by atoms with Gasteiger partial charge in [-0.15, -0.1) is 0 Å². The van der Waals surface area contributed by atoms with Crippen LogP contribution in [0.4, 0.5) is 22.0 Å². The fraction of sp³-hybridized carbons (Fsp3) is 0.639. The highest BCUT2D eigenvalue weighted by molar-refractivity contribution is 5.77. The number of benzene rings is 2. The van der Waals surface area contributed by atoms with Crippen molar-refractivity contribution < 1.29 is 55.5 Å². The Hall–Kier alpha value is -3.12. The van der Waals surface area contributed by atoms with Crippen LogP contribution in [0.25, 0.3) is 0 Å². The van der Waals surface area contributed by atoms with E-state index in [0.29, 0.717) is 41.2 Å². The topological polar surface area (TPSA) is 83.5 Å². The second-order valence-electron chi connectivity index (χ2n) is 12.9. The minimum absolute atomic E-state index is 0.0153. The number of methoxy groups -OCH3 is 2. The SMILES string of the molecule is CCCCCCCCCC(CCCC(F)(F)C(F)(F)F)(C(=O)O)C1c2ccc(OCOC)cc2OCC1(C)c1ccc(OCOC)cc1. The molecule has 0 fully saturated rings. The average molecular weight is 689 g/mol. The largest absolute Gasteiger partial charge is 0.492 e. The summed E-state index contributed by atoms with van der Waals surface area (Å²) in [6.07, 6.45) is -1.95. The normalized spacial score (nSPS) is 19.2. The lowest BCUT2D eigenvalue weighted by atomic mass is 9.54. The third-order valence-corrected chi connectivity index (χ3v) is 9.39. The van der Waals surface area contributed by atoms with Crippen LogP contribution in [0.1, 0.15) is 102 Å². The van der Waals surface area contributed by atoms with E-state index in [9.17, 15) is 31.9 Å². The molecule has 2 aromatic carbocycles. The van der Waals surface area contributed by atoms with Gasteiger partial charge in [0.1, 0.15) is 17.2 Å². The summed E-state index contributed by atoms with van der Waals surface area (Å²) in [7, 11) is 2.96. The number of carboxylic acid groups (broad SMARTS) is 1. The van der Waals surface area contributed by atoms with Crippen molar-refractivity contribution in [2.24, 2.45) is 5.41 Å². The van der Waals surface area contributed by atoms with Gasteiger partial charge in [-0.2, -0.15) is 22.0 Å². The second kappa shape index (κ2) is 17.5. The lowest BCUT2D eigenvalue weighted by Crippen LogP contribution is -2.51. The van der Waals surface area contributed by atoms with Crippen LogP contribution in [0.15, 0.2) is 42.5 Å². The molecule has 2 aromatic rings. The zero-order chi connectivity index (χ0) is 35.4. The monoisotopic (exact) mass is 688 g/mol. The number of carbonyl (C=O) groups is 1. The molecule has 12 heteroatoms. The number of unbranched alkanes of at least 4 members (excludes halogenated alkanes) is 6. The Bertz CT molecular complexity index is 1290. The molecule has 1 heterocycles. The van der Waals surface area contributed by atoms with E-state index >= 15 is 0 Å². The van der Waals surface area contributed by atoms with Crippen LogP contribution >= 0.6 is 0 Å². The van der Waals surface area contributed by atoms with Gasteiger partial charge in [-0.3, -0.25) is 4.79 Å².